The SMILES string of the molecule is COCC(C)C1C[C@@H](O)c2ccc(Br)cc2O1. The summed E-state index contributed by atoms with van der Waals surface area (Å²) in [5.74, 6) is 1.04. The molecule has 1 aromatic rings. The molecule has 4 heteroatoms. The first-order valence-electron chi connectivity index (χ1n) is 5.75. The summed E-state index contributed by atoms with van der Waals surface area (Å²) in [6.07, 6.45) is 0.182. The number of hydrogen-bond donors (Lipinski definition) is 1. The van der Waals surface area contributed by atoms with Gasteiger partial charge in [0.2, 0.25) is 0 Å². The average Bonchev–Trinajstić information content (AvgIpc) is 2.28. The Morgan fingerprint density at radius 3 is 3.06 bits per heavy atom. The smallest absolute Gasteiger partial charge is 0.126 e. The quantitative estimate of drug-likeness (QED) is 0.933. The Morgan fingerprint density at radius 2 is 2.35 bits per heavy atom. The maximum atomic E-state index is 10.1. The van der Waals surface area contributed by atoms with Crippen LogP contribution in [0.25, 0.3) is 0 Å². The summed E-state index contributed by atoms with van der Waals surface area (Å²) in [7, 11) is 1.68. The lowest BCUT2D eigenvalue weighted by Crippen LogP contribution is -2.33. The Kier molecular flexibility index (Phi) is 4.07. The summed E-state index contributed by atoms with van der Waals surface area (Å²) in [6.45, 7) is 2.71. The lowest BCUT2D eigenvalue weighted by atomic mass is 9.93. The van der Waals surface area contributed by atoms with Gasteiger partial charge in [-0.2, -0.15) is 0 Å². The van der Waals surface area contributed by atoms with E-state index in [2.05, 4.69) is 22.9 Å². The van der Waals surface area contributed by atoms with Crippen LogP contribution in [0.2, 0.25) is 0 Å². The second-order valence-corrected chi connectivity index (χ2v) is 5.44. The van der Waals surface area contributed by atoms with Crippen molar-refractivity contribution in [1.29, 1.82) is 0 Å². The van der Waals surface area contributed by atoms with E-state index in [1.165, 1.54) is 0 Å². The van der Waals surface area contributed by atoms with Crippen LogP contribution in [0.3, 0.4) is 0 Å². The van der Waals surface area contributed by atoms with Crippen LogP contribution in [-0.4, -0.2) is 24.9 Å². The largest absolute Gasteiger partial charge is 0.490 e. The number of aliphatic hydroxyl groups excluding tert-OH is 1. The zero-order valence-electron chi connectivity index (χ0n) is 10.0. The van der Waals surface area contributed by atoms with Crippen LogP contribution in [0.4, 0.5) is 0 Å². The zero-order chi connectivity index (χ0) is 12.4. The third-order valence-corrected chi connectivity index (χ3v) is 3.63. The Labute approximate surface area is 110 Å². The molecule has 0 aromatic heterocycles. The first-order valence-corrected chi connectivity index (χ1v) is 6.54. The third-order valence-electron chi connectivity index (χ3n) is 3.13. The molecule has 0 saturated carbocycles. The van der Waals surface area contributed by atoms with Crippen LogP contribution in [0.5, 0.6) is 5.75 Å². The normalized spacial score (nSPS) is 24.9. The van der Waals surface area contributed by atoms with Gasteiger partial charge in [0.25, 0.3) is 0 Å². The van der Waals surface area contributed by atoms with Gasteiger partial charge in [-0.15, -0.1) is 0 Å². The van der Waals surface area contributed by atoms with Gasteiger partial charge < -0.3 is 14.6 Å². The molecule has 0 fully saturated rings. The topological polar surface area (TPSA) is 38.7 Å². The number of fused-ring (bicyclic) bond motifs is 1. The number of hydrogen-bond acceptors (Lipinski definition) is 3. The van der Waals surface area contributed by atoms with E-state index in [1.807, 2.05) is 18.2 Å². The van der Waals surface area contributed by atoms with E-state index in [-0.39, 0.29) is 12.0 Å². The van der Waals surface area contributed by atoms with E-state index in [4.69, 9.17) is 9.47 Å². The van der Waals surface area contributed by atoms with Gasteiger partial charge in [-0.3, -0.25) is 0 Å². The Balaban J connectivity index is 2.19. The van der Waals surface area contributed by atoms with E-state index in [0.717, 1.165) is 15.8 Å². The van der Waals surface area contributed by atoms with Crippen molar-refractivity contribution in [2.24, 2.45) is 5.92 Å². The minimum Gasteiger partial charge on any atom is -0.490 e. The molecule has 0 saturated heterocycles. The first kappa shape index (κ1) is 12.9. The van der Waals surface area contributed by atoms with Crippen molar-refractivity contribution in [1.82, 2.24) is 0 Å². The Hall–Kier alpha value is -0.580. The molecule has 94 valence electrons. The second-order valence-electron chi connectivity index (χ2n) is 4.52. The molecular formula is C13H17BrO3. The highest BCUT2D eigenvalue weighted by Crippen LogP contribution is 2.38. The predicted octanol–water partition coefficient (Wildman–Crippen LogP) is 2.92. The standard InChI is InChI=1S/C13H17BrO3/c1-8(7-16-2)12-6-11(15)10-4-3-9(14)5-13(10)17-12/h3-5,8,11-12,15H,6-7H2,1-2H3/t8?,11-,12?/m1/s1. The summed E-state index contributed by atoms with van der Waals surface area (Å²) in [5.41, 5.74) is 0.870. The zero-order valence-corrected chi connectivity index (χ0v) is 11.6. The average molecular weight is 301 g/mol. The van der Waals surface area contributed by atoms with Crippen LogP contribution in [0.15, 0.2) is 22.7 Å². The lowest BCUT2D eigenvalue weighted by Gasteiger charge is -2.33. The van der Waals surface area contributed by atoms with Gasteiger partial charge in [0, 0.05) is 29.5 Å². The number of benzene rings is 1. The summed E-state index contributed by atoms with van der Waals surface area (Å²) in [5, 5.41) is 10.1. The van der Waals surface area contributed by atoms with Gasteiger partial charge in [-0.05, 0) is 12.1 Å². The first-order chi connectivity index (χ1) is 8.11. The number of rotatable bonds is 3. The summed E-state index contributed by atoms with van der Waals surface area (Å²) < 4.78 is 12.0. The van der Waals surface area contributed by atoms with Crippen molar-refractivity contribution in [3.05, 3.63) is 28.2 Å². The lowest BCUT2D eigenvalue weighted by molar-refractivity contribution is 0.0136. The highest BCUT2D eigenvalue weighted by atomic mass is 79.9. The van der Waals surface area contributed by atoms with Gasteiger partial charge in [-0.1, -0.05) is 28.9 Å². The van der Waals surface area contributed by atoms with Crippen LogP contribution in [-0.2, 0) is 4.74 Å². The maximum absolute atomic E-state index is 10.1. The van der Waals surface area contributed by atoms with Crippen LogP contribution in [0.1, 0.15) is 25.0 Å². The van der Waals surface area contributed by atoms with E-state index < -0.39 is 6.10 Å². The fourth-order valence-corrected chi connectivity index (χ4v) is 2.50. The molecule has 1 aromatic carbocycles. The molecule has 0 spiro atoms. The van der Waals surface area contributed by atoms with Gasteiger partial charge in [0.05, 0.1) is 12.7 Å². The molecule has 3 nitrogen and oxygen atoms in total. The summed E-state index contributed by atoms with van der Waals surface area (Å²) in [4.78, 5) is 0. The second kappa shape index (κ2) is 5.38. The van der Waals surface area contributed by atoms with Crippen molar-refractivity contribution in [3.63, 3.8) is 0 Å². The highest BCUT2D eigenvalue weighted by Gasteiger charge is 2.30. The number of halogens is 1. The van der Waals surface area contributed by atoms with Crippen LogP contribution < -0.4 is 4.74 Å². The monoisotopic (exact) mass is 300 g/mol. The number of ether oxygens (including phenoxy) is 2. The van der Waals surface area contributed by atoms with Crippen molar-refractivity contribution in [3.8, 4) is 5.75 Å². The van der Waals surface area contributed by atoms with Crippen molar-refractivity contribution in [2.45, 2.75) is 25.6 Å². The Bertz CT molecular complexity index is 394. The van der Waals surface area contributed by atoms with Gasteiger partial charge in [0.15, 0.2) is 0 Å². The summed E-state index contributed by atoms with van der Waals surface area (Å²) in [6, 6.07) is 5.73. The molecule has 17 heavy (non-hydrogen) atoms. The molecule has 2 unspecified atom stereocenters. The fourth-order valence-electron chi connectivity index (χ4n) is 2.16. The Morgan fingerprint density at radius 1 is 1.59 bits per heavy atom. The molecule has 3 atom stereocenters. The van der Waals surface area contributed by atoms with Crippen molar-refractivity contribution >= 4 is 15.9 Å². The minimum absolute atomic E-state index is 0.00625. The molecule has 2 rings (SSSR count). The highest BCUT2D eigenvalue weighted by molar-refractivity contribution is 9.10. The fraction of sp³-hybridized carbons (Fsp3) is 0.538. The van der Waals surface area contributed by atoms with E-state index in [9.17, 15) is 5.11 Å². The van der Waals surface area contributed by atoms with E-state index >= 15 is 0 Å². The van der Waals surface area contributed by atoms with E-state index in [1.54, 1.807) is 7.11 Å². The van der Waals surface area contributed by atoms with Gasteiger partial charge in [0.1, 0.15) is 11.9 Å². The van der Waals surface area contributed by atoms with Crippen molar-refractivity contribution < 1.29 is 14.6 Å². The van der Waals surface area contributed by atoms with Crippen molar-refractivity contribution in [2.75, 3.05) is 13.7 Å². The maximum Gasteiger partial charge on any atom is 0.126 e. The van der Waals surface area contributed by atoms with Crippen LogP contribution >= 0.6 is 15.9 Å². The third kappa shape index (κ3) is 2.81. The molecule has 0 amide bonds. The predicted molar refractivity (Wildman–Crippen MR) is 69.2 cm³/mol. The van der Waals surface area contributed by atoms with E-state index in [0.29, 0.717) is 13.0 Å². The van der Waals surface area contributed by atoms with Gasteiger partial charge in [-0.25, -0.2) is 0 Å². The molecule has 1 aliphatic rings. The molecule has 0 radical (unpaired) electrons. The number of methoxy groups -OCH3 is 1. The minimum atomic E-state index is -0.448. The van der Waals surface area contributed by atoms with Crippen LogP contribution in [0, 0.1) is 5.92 Å². The number of aliphatic hydroxyl groups is 1. The molecule has 1 heterocycles. The van der Waals surface area contributed by atoms with Gasteiger partial charge >= 0.3 is 0 Å². The molecule has 0 bridgehead atoms. The molecule has 1 N–H and O–H groups in total. The molecule has 0 aliphatic carbocycles. The molecule has 1 aliphatic heterocycles. The summed E-state index contributed by atoms with van der Waals surface area (Å²) >= 11 is 3.41. The molecular weight excluding hydrogens is 284 g/mol.